The van der Waals surface area contributed by atoms with Gasteiger partial charge in [-0.3, -0.25) is 4.55 Å². The lowest BCUT2D eigenvalue weighted by Gasteiger charge is -2.09. The molecule has 0 saturated carbocycles. The van der Waals surface area contributed by atoms with E-state index in [-0.39, 0.29) is 6.61 Å². The smallest absolute Gasteiger partial charge is 0.391 e. The van der Waals surface area contributed by atoms with Crippen LogP contribution in [0, 0.1) is 0 Å². The second-order valence-corrected chi connectivity index (χ2v) is 3.75. The van der Waals surface area contributed by atoms with E-state index in [0.717, 1.165) is 6.54 Å². The van der Waals surface area contributed by atoms with Gasteiger partial charge in [0.05, 0.1) is 20.2 Å². The lowest BCUT2D eigenvalue weighted by molar-refractivity contribution is -0.628. The Balaban J connectivity index is 0. The van der Waals surface area contributed by atoms with Crippen LogP contribution in [0.1, 0.15) is 0 Å². The van der Waals surface area contributed by atoms with Crippen LogP contribution in [0.4, 0.5) is 17.6 Å². The molecule has 0 aromatic rings. The molecule has 0 radical (unpaired) electrons. The largest absolute Gasteiger partial charge is 0.428 e. The van der Waals surface area contributed by atoms with Gasteiger partial charge in [-0.15, -0.1) is 0 Å². The molecule has 0 aliphatic carbocycles. The zero-order valence-corrected chi connectivity index (χ0v) is 8.52. The molecule has 94 valence electrons. The van der Waals surface area contributed by atoms with Crippen molar-refractivity contribution >= 4 is 10.1 Å². The van der Waals surface area contributed by atoms with Gasteiger partial charge in [0, 0.05) is 0 Å². The van der Waals surface area contributed by atoms with E-state index in [9.17, 15) is 26.0 Å². The summed E-state index contributed by atoms with van der Waals surface area (Å²) in [4.78, 5) is 0. The Kier molecular flexibility index (Phi) is 7.83. The van der Waals surface area contributed by atoms with Gasteiger partial charge in [0.15, 0.2) is 0 Å². The Bertz CT molecular complexity index is 254. The molecule has 5 nitrogen and oxygen atoms in total. The number of aliphatic hydroxyl groups excluding tert-OH is 1. The zero-order valence-electron chi connectivity index (χ0n) is 7.70. The minimum atomic E-state index is -5.98. The molecule has 0 spiro atoms. The second kappa shape index (κ2) is 6.93. The Morgan fingerprint density at radius 1 is 1.40 bits per heavy atom. The highest BCUT2D eigenvalue weighted by Crippen LogP contribution is 2.27. The van der Waals surface area contributed by atoms with Gasteiger partial charge in [-0.2, -0.15) is 17.2 Å². The van der Waals surface area contributed by atoms with E-state index in [1.54, 1.807) is 0 Å². The third-order valence-corrected chi connectivity index (χ3v) is 1.88. The van der Waals surface area contributed by atoms with Gasteiger partial charge in [0.1, 0.15) is 0 Å². The van der Waals surface area contributed by atoms with Gasteiger partial charge in [-0.05, 0) is 0 Å². The van der Waals surface area contributed by atoms with Gasteiger partial charge in [0.2, 0.25) is 0 Å². The number of quaternary nitrogens is 1. The number of rotatable bonds is 4. The van der Waals surface area contributed by atoms with Crippen LogP contribution in [0.5, 0.6) is 0 Å². The summed E-state index contributed by atoms with van der Waals surface area (Å²) in [6.45, 7) is 1.11. The highest BCUT2D eigenvalue weighted by atomic mass is 32.2. The van der Waals surface area contributed by atoms with Crippen molar-refractivity contribution in [1.82, 2.24) is 0 Å². The first kappa shape index (κ1) is 17.0. The predicted molar refractivity (Wildman–Crippen MR) is 42.3 cm³/mol. The lowest BCUT2D eigenvalue weighted by Crippen LogP contribution is -2.80. The summed E-state index contributed by atoms with van der Waals surface area (Å²) in [5, 5.41) is 4.60. The highest BCUT2D eigenvalue weighted by Gasteiger charge is 2.53. The SMILES string of the molecule is C[NH2+]CCO.O=S(=O)(O)C(F)(F)C(F)F. The van der Waals surface area contributed by atoms with Crippen molar-refractivity contribution in [3.8, 4) is 0 Å². The third kappa shape index (κ3) is 6.60. The molecule has 0 unspecified atom stereocenters. The molecule has 0 rings (SSSR count). The van der Waals surface area contributed by atoms with Crippen LogP contribution in [-0.2, 0) is 10.1 Å². The quantitative estimate of drug-likeness (QED) is 0.441. The molecule has 0 amide bonds. The van der Waals surface area contributed by atoms with Crippen LogP contribution in [0.15, 0.2) is 0 Å². The predicted octanol–water partition coefficient (Wildman–Crippen LogP) is -1.10. The Morgan fingerprint density at radius 3 is 1.80 bits per heavy atom. The molecule has 4 N–H and O–H groups in total. The molecule has 0 saturated heterocycles. The van der Waals surface area contributed by atoms with E-state index >= 15 is 0 Å². The monoisotopic (exact) mass is 258 g/mol. The van der Waals surface area contributed by atoms with Gasteiger partial charge in [-0.25, -0.2) is 8.78 Å². The number of alkyl halides is 4. The Hall–Kier alpha value is -0.450. The molecule has 0 atom stereocenters. The van der Waals surface area contributed by atoms with E-state index in [2.05, 4.69) is 0 Å². The van der Waals surface area contributed by atoms with E-state index in [1.807, 2.05) is 12.4 Å². The number of halogens is 4. The van der Waals surface area contributed by atoms with Crippen molar-refractivity contribution in [1.29, 1.82) is 0 Å². The summed E-state index contributed by atoms with van der Waals surface area (Å²) >= 11 is 0. The lowest BCUT2D eigenvalue weighted by atomic mass is 10.7. The highest BCUT2D eigenvalue weighted by molar-refractivity contribution is 7.86. The Morgan fingerprint density at radius 2 is 1.80 bits per heavy atom. The molecular formula is C5H12F4NO4S+. The summed E-state index contributed by atoms with van der Waals surface area (Å²) < 4.78 is 71.3. The second-order valence-electron chi connectivity index (χ2n) is 2.26. The van der Waals surface area contributed by atoms with Crippen molar-refractivity contribution in [3.05, 3.63) is 0 Å². The van der Waals surface area contributed by atoms with Crippen molar-refractivity contribution < 1.29 is 41.0 Å². The maximum atomic E-state index is 11.5. The minimum absolute atomic E-state index is 0.288. The van der Waals surface area contributed by atoms with Crippen LogP contribution in [0.2, 0.25) is 0 Å². The minimum Gasteiger partial charge on any atom is -0.391 e. The van der Waals surface area contributed by atoms with Crippen molar-refractivity contribution in [2.45, 2.75) is 11.7 Å². The number of likely N-dealkylation sites (N-methyl/N-ethyl adjacent to an activating group) is 1. The fourth-order valence-electron chi connectivity index (χ4n) is 0.242. The maximum Gasteiger partial charge on any atom is 0.428 e. The van der Waals surface area contributed by atoms with E-state index in [4.69, 9.17) is 9.66 Å². The first-order chi connectivity index (χ1) is 6.61. The molecule has 0 aromatic heterocycles. The third-order valence-electron chi connectivity index (χ3n) is 1.02. The molecular weight excluding hydrogens is 246 g/mol. The fraction of sp³-hybridized carbons (Fsp3) is 1.00. The standard InChI is InChI=1S/C3H9NO.C2H2F4O3S/c1-4-2-3-5;3-1(4)2(5,6)10(7,8)9/h4-5H,2-3H2,1H3;1H,(H,7,8,9)/p+1. The molecule has 0 aromatic carbocycles. The van der Waals surface area contributed by atoms with Gasteiger partial charge in [0.25, 0.3) is 0 Å². The van der Waals surface area contributed by atoms with Crippen LogP contribution < -0.4 is 5.32 Å². The summed E-state index contributed by atoms with van der Waals surface area (Å²) in [6.07, 6.45) is -4.41. The summed E-state index contributed by atoms with van der Waals surface area (Å²) in [5.74, 6) is 0. The van der Waals surface area contributed by atoms with E-state index < -0.39 is 21.8 Å². The topological polar surface area (TPSA) is 91.2 Å². The summed E-state index contributed by atoms with van der Waals surface area (Å²) in [5.41, 5.74) is 0. The molecule has 0 aliphatic rings. The number of hydrogen-bond donors (Lipinski definition) is 3. The van der Waals surface area contributed by atoms with Crippen molar-refractivity contribution in [2.24, 2.45) is 0 Å². The Labute approximate surface area is 83.8 Å². The molecule has 0 bridgehead atoms. The molecule has 15 heavy (non-hydrogen) atoms. The van der Waals surface area contributed by atoms with Crippen LogP contribution in [-0.4, -0.2) is 50.0 Å². The average molecular weight is 258 g/mol. The molecule has 0 heterocycles. The maximum absolute atomic E-state index is 11.5. The number of hydrogen-bond acceptors (Lipinski definition) is 3. The van der Waals surface area contributed by atoms with E-state index in [1.165, 1.54) is 0 Å². The van der Waals surface area contributed by atoms with Crippen molar-refractivity contribution in [2.75, 3.05) is 20.2 Å². The molecule has 0 aliphatic heterocycles. The first-order valence-corrected chi connectivity index (χ1v) is 5.06. The normalized spacial score (nSPS) is 12.3. The van der Waals surface area contributed by atoms with Crippen molar-refractivity contribution in [3.63, 3.8) is 0 Å². The number of nitrogens with two attached hydrogens (primary N) is 1. The van der Waals surface area contributed by atoms with Crippen LogP contribution >= 0.6 is 0 Å². The zero-order chi connectivity index (χ0) is 12.7. The first-order valence-electron chi connectivity index (χ1n) is 3.62. The molecule has 0 fully saturated rings. The van der Waals surface area contributed by atoms with Gasteiger partial charge < -0.3 is 10.4 Å². The number of aliphatic hydroxyl groups is 1. The van der Waals surface area contributed by atoms with Gasteiger partial charge >= 0.3 is 21.8 Å². The van der Waals surface area contributed by atoms with Crippen LogP contribution in [0.3, 0.4) is 0 Å². The van der Waals surface area contributed by atoms with Crippen LogP contribution in [0.25, 0.3) is 0 Å². The molecule has 10 heteroatoms. The summed E-state index contributed by atoms with van der Waals surface area (Å²) in [6, 6.07) is 0. The fourth-order valence-corrected chi connectivity index (χ4v) is 0.467. The van der Waals surface area contributed by atoms with Gasteiger partial charge in [-0.1, -0.05) is 0 Å². The van der Waals surface area contributed by atoms with E-state index in [0.29, 0.717) is 0 Å². The summed E-state index contributed by atoms with van der Waals surface area (Å²) in [7, 11) is -4.06. The average Bonchev–Trinajstić information content (AvgIpc) is 2.04.